The minimum absolute atomic E-state index is 0.195. The molecule has 1 saturated carbocycles. The zero-order valence-corrected chi connectivity index (χ0v) is 11.7. The lowest BCUT2D eigenvalue weighted by molar-refractivity contribution is 0.0909. The average Bonchev–Trinajstić information content (AvgIpc) is 2.67. The molecule has 0 amide bonds. The Balaban J connectivity index is 1.95. The van der Waals surface area contributed by atoms with E-state index in [1.807, 2.05) is 24.4 Å². The highest BCUT2D eigenvalue weighted by Gasteiger charge is 2.23. The van der Waals surface area contributed by atoms with Crippen LogP contribution in [0.5, 0.6) is 0 Å². The zero-order valence-electron chi connectivity index (χ0n) is 10.9. The van der Waals surface area contributed by atoms with Crippen molar-refractivity contribution in [3.8, 4) is 0 Å². The Morgan fingerprint density at radius 2 is 1.89 bits per heavy atom. The molecule has 1 fully saturated rings. The van der Waals surface area contributed by atoms with Crippen molar-refractivity contribution in [3.63, 3.8) is 0 Å². The third-order valence-electron chi connectivity index (χ3n) is 4.16. The van der Waals surface area contributed by atoms with Crippen LogP contribution in [0.15, 0.2) is 24.4 Å². The Bertz CT molecular complexity index is 594. The van der Waals surface area contributed by atoms with Gasteiger partial charge >= 0.3 is 0 Å². The highest BCUT2D eigenvalue weighted by molar-refractivity contribution is 6.35. The van der Waals surface area contributed by atoms with Crippen LogP contribution in [0.4, 0.5) is 0 Å². The molecule has 1 heterocycles. The summed E-state index contributed by atoms with van der Waals surface area (Å²) in [5.41, 5.74) is 1.69. The summed E-state index contributed by atoms with van der Waals surface area (Å²) in [6.07, 6.45) is 8.79. The predicted molar refractivity (Wildman–Crippen MR) is 78.8 cm³/mol. The van der Waals surface area contributed by atoms with Crippen molar-refractivity contribution in [1.29, 1.82) is 0 Å². The Hall–Kier alpha value is -1.28. The molecular formula is C16H18ClNO. The van der Waals surface area contributed by atoms with Crippen LogP contribution in [0, 0.1) is 5.92 Å². The molecule has 1 aromatic heterocycles. The van der Waals surface area contributed by atoms with Crippen molar-refractivity contribution in [1.82, 2.24) is 4.98 Å². The third-order valence-corrected chi connectivity index (χ3v) is 4.47. The van der Waals surface area contributed by atoms with E-state index in [1.54, 1.807) is 0 Å². The number of aromatic nitrogens is 1. The number of ketones is 1. The number of hydrogen-bond acceptors (Lipinski definition) is 1. The molecule has 0 spiro atoms. The summed E-state index contributed by atoms with van der Waals surface area (Å²) in [5, 5.41) is 1.64. The van der Waals surface area contributed by atoms with Crippen molar-refractivity contribution in [2.75, 3.05) is 0 Å². The van der Waals surface area contributed by atoms with Crippen molar-refractivity contribution in [3.05, 3.63) is 35.0 Å². The smallest absolute Gasteiger partial charge is 0.168 e. The van der Waals surface area contributed by atoms with E-state index in [1.165, 1.54) is 25.7 Å². The maximum Gasteiger partial charge on any atom is 0.168 e. The molecule has 1 aliphatic rings. The van der Waals surface area contributed by atoms with Gasteiger partial charge in [0.2, 0.25) is 0 Å². The van der Waals surface area contributed by atoms with E-state index < -0.39 is 0 Å². The molecule has 2 nitrogen and oxygen atoms in total. The molecule has 0 aliphatic heterocycles. The second-order valence-corrected chi connectivity index (χ2v) is 5.82. The van der Waals surface area contributed by atoms with Gasteiger partial charge in [0.1, 0.15) is 0 Å². The lowest BCUT2D eigenvalue weighted by Crippen LogP contribution is -2.13. The number of carbonyl (C=O) groups excluding carboxylic acids is 1. The van der Waals surface area contributed by atoms with Crippen molar-refractivity contribution >= 4 is 28.3 Å². The van der Waals surface area contributed by atoms with E-state index in [4.69, 9.17) is 11.6 Å². The molecule has 2 aromatic rings. The SMILES string of the molecule is O=C(c1c[nH]c2c(Cl)cccc12)C1CCCCCC1. The van der Waals surface area contributed by atoms with Gasteiger partial charge in [0.15, 0.2) is 5.78 Å². The van der Waals surface area contributed by atoms with Crippen molar-refractivity contribution in [2.45, 2.75) is 38.5 Å². The van der Waals surface area contributed by atoms with Gasteiger partial charge in [-0.15, -0.1) is 0 Å². The molecule has 0 bridgehead atoms. The van der Waals surface area contributed by atoms with Gasteiger partial charge < -0.3 is 4.98 Å². The first-order chi connectivity index (χ1) is 9.27. The molecule has 100 valence electrons. The number of nitrogens with one attached hydrogen (secondary N) is 1. The monoisotopic (exact) mass is 275 g/mol. The van der Waals surface area contributed by atoms with Gasteiger partial charge in [0, 0.05) is 23.1 Å². The molecule has 0 saturated heterocycles. The predicted octanol–water partition coefficient (Wildman–Crippen LogP) is 4.97. The molecular weight excluding hydrogens is 258 g/mol. The lowest BCUT2D eigenvalue weighted by atomic mass is 9.91. The maximum absolute atomic E-state index is 12.7. The standard InChI is InChI=1S/C16H18ClNO/c17-14-9-5-8-12-13(10-18-15(12)14)16(19)11-6-3-1-2-4-7-11/h5,8-11,18H,1-4,6-7H2. The van der Waals surface area contributed by atoms with E-state index >= 15 is 0 Å². The third kappa shape index (κ3) is 2.42. The Labute approximate surface area is 118 Å². The quantitative estimate of drug-likeness (QED) is 0.609. The normalized spacial score (nSPS) is 17.5. The Morgan fingerprint density at radius 3 is 2.63 bits per heavy atom. The van der Waals surface area contributed by atoms with Gasteiger partial charge in [-0.25, -0.2) is 0 Å². The second-order valence-electron chi connectivity index (χ2n) is 5.42. The highest BCUT2D eigenvalue weighted by atomic mass is 35.5. The fourth-order valence-corrected chi connectivity index (χ4v) is 3.31. The Morgan fingerprint density at radius 1 is 1.16 bits per heavy atom. The molecule has 0 atom stereocenters. The molecule has 1 aliphatic carbocycles. The molecule has 3 heteroatoms. The lowest BCUT2D eigenvalue weighted by Gasteiger charge is -2.11. The van der Waals surface area contributed by atoms with Crippen LogP contribution in [0.2, 0.25) is 5.02 Å². The number of para-hydroxylation sites is 1. The summed E-state index contributed by atoms with van der Waals surface area (Å²) < 4.78 is 0. The molecule has 19 heavy (non-hydrogen) atoms. The number of rotatable bonds is 2. The van der Waals surface area contributed by atoms with E-state index in [9.17, 15) is 4.79 Å². The molecule has 3 rings (SSSR count). The fourth-order valence-electron chi connectivity index (χ4n) is 3.08. The summed E-state index contributed by atoms with van der Waals surface area (Å²) >= 11 is 6.14. The molecule has 0 unspecified atom stereocenters. The number of Topliss-reactive ketones (excluding diaryl/α,β-unsaturated/α-hetero) is 1. The van der Waals surface area contributed by atoms with E-state index in [-0.39, 0.29) is 11.7 Å². The number of halogens is 1. The fraction of sp³-hybridized carbons (Fsp3) is 0.438. The van der Waals surface area contributed by atoms with Crippen LogP contribution < -0.4 is 0 Å². The van der Waals surface area contributed by atoms with E-state index in [2.05, 4.69) is 4.98 Å². The molecule has 0 radical (unpaired) electrons. The van der Waals surface area contributed by atoms with Gasteiger partial charge in [-0.05, 0) is 18.9 Å². The van der Waals surface area contributed by atoms with Crippen LogP contribution in [0.25, 0.3) is 10.9 Å². The van der Waals surface area contributed by atoms with Gasteiger partial charge in [-0.3, -0.25) is 4.79 Å². The number of aromatic amines is 1. The first-order valence-electron chi connectivity index (χ1n) is 7.07. The highest BCUT2D eigenvalue weighted by Crippen LogP contribution is 2.31. The number of benzene rings is 1. The van der Waals surface area contributed by atoms with Crippen LogP contribution in [-0.4, -0.2) is 10.8 Å². The van der Waals surface area contributed by atoms with E-state index in [0.717, 1.165) is 29.3 Å². The van der Waals surface area contributed by atoms with Gasteiger partial charge in [-0.2, -0.15) is 0 Å². The first kappa shape index (κ1) is 12.7. The summed E-state index contributed by atoms with van der Waals surface area (Å²) in [5.74, 6) is 0.482. The number of carbonyl (C=O) groups is 1. The average molecular weight is 276 g/mol. The molecule has 1 aromatic carbocycles. The van der Waals surface area contributed by atoms with Crippen LogP contribution in [0.1, 0.15) is 48.9 Å². The first-order valence-corrected chi connectivity index (χ1v) is 7.45. The van der Waals surface area contributed by atoms with Gasteiger partial charge in [0.05, 0.1) is 10.5 Å². The van der Waals surface area contributed by atoms with Gasteiger partial charge in [0.25, 0.3) is 0 Å². The van der Waals surface area contributed by atoms with Gasteiger partial charge in [-0.1, -0.05) is 49.4 Å². The molecule has 1 N–H and O–H groups in total. The van der Waals surface area contributed by atoms with E-state index in [0.29, 0.717) is 5.02 Å². The zero-order chi connectivity index (χ0) is 13.2. The number of fused-ring (bicyclic) bond motifs is 1. The second kappa shape index (κ2) is 5.38. The van der Waals surface area contributed by atoms with Crippen LogP contribution >= 0.6 is 11.6 Å². The van der Waals surface area contributed by atoms with Crippen molar-refractivity contribution in [2.24, 2.45) is 5.92 Å². The summed E-state index contributed by atoms with van der Waals surface area (Å²) in [4.78, 5) is 15.8. The minimum atomic E-state index is 0.195. The summed E-state index contributed by atoms with van der Waals surface area (Å²) in [6, 6.07) is 5.73. The number of H-pyrrole nitrogens is 1. The van der Waals surface area contributed by atoms with Crippen LogP contribution in [-0.2, 0) is 0 Å². The largest absolute Gasteiger partial charge is 0.359 e. The topological polar surface area (TPSA) is 32.9 Å². The van der Waals surface area contributed by atoms with Crippen LogP contribution in [0.3, 0.4) is 0 Å². The maximum atomic E-state index is 12.7. The Kier molecular flexibility index (Phi) is 3.61. The minimum Gasteiger partial charge on any atom is -0.359 e. The summed E-state index contributed by atoms with van der Waals surface area (Å²) in [6.45, 7) is 0. The number of hydrogen-bond donors (Lipinski definition) is 1. The van der Waals surface area contributed by atoms with Crippen molar-refractivity contribution < 1.29 is 4.79 Å². The summed E-state index contributed by atoms with van der Waals surface area (Å²) in [7, 11) is 0.